The van der Waals surface area contributed by atoms with Crippen LogP contribution in [-0.4, -0.2) is 35.3 Å². The van der Waals surface area contributed by atoms with Gasteiger partial charge in [-0.15, -0.1) is 0 Å². The van der Waals surface area contributed by atoms with Gasteiger partial charge in [-0.25, -0.2) is 0 Å². The number of benzene rings is 2. The van der Waals surface area contributed by atoms with Crippen molar-refractivity contribution in [3.63, 3.8) is 0 Å². The standard InChI is InChI=1S/C19H21NO2/c1-19-11-13-7-8-15(21)18(22)16(13)14-6-4-5-12(17(14)19)9-10-20(19,2)3/h4-8H,9-11H2,1-3H3,(H-,21,22)/p+1. The van der Waals surface area contributed by atoms with E-state index in [0.717, 1.165) is 40.6 Å². The van der Waals surface area contributed by atoms with Crippen LogP contribution in [0.25, 0.3) is 11.1 Å². The molecule has 0 bridgehead atoms. The van der Waals surface area contributed by atoms with Gasteiger partial charge >= 0.3 is 0 Å². The summed E-state index contributed by atoms with van der Waals surface area (Å²) in [6.45, 7) is 3.45. The number of hydrogen-bond donors (Lipinski definition) is 2. The van der Waals surface area contributed by atoms with Crippen molar-refractivity contribution in [2.75, 3.05) is 20.6 Å². The van der Waals surface area contributed by atoms with Crippen molar-refractivity contribution < 1.29 is 14.7 Å². The molecule has 3 nitrogen and oxygen atoms in total. The molecule has 1 atom stereocenters. The third kappa shape index (κ3) is 1.49. The van der Waals surface area contributed by atoms with E-state index in [2.05, 4.69) is 39.2 Å². The third-order valence-corrected chi connectivity index (χ3v) is 6.01. The van der Waals surface area contributed by atoms with Gasteiger partial charge in [-0.05, 0) is 29.7 Å². The first-order valence-electron chi connectivity index (χ1n) is 7.85. The Morgan fingerprint density at radius 1 is 1.05 bits per heavy atom. The molecule has 0 radical (unpaired) electrons. The number of hydrogen-bond acceptors (Lipinski definition) is 2. The van der Waals surface area contributed by atoms with E-state index in [-0.39, 0.29) is 17.0 Å². The number of phenols is 2. The zero-order valence-electron chi connectivity index (χ0n) is 13.3. The van der Waals surface area contributed by atoms with Crippen molar-refractivity contribution in [3.05, 3.63) is 47.0 Å². The number of quaternary nitrogens is 1. The molecule has 2 aromatic carbocycles. The highest BCUT2D eigenvalue weighted by atomic mass is 16.3. The van der Waals surface area contributed by atoms with Crippen LogP contribution in [0.1, 0.15) is 23.6 Å². The third-order valence-electron chi connectivity index (χ3n) is 6.01. The lowest BCUT2D eigenvalue weighted by Crippen LogP contribution is -2.61. The van der Waals surface area contributed by atoms with Crippen molar-refractivity contribution in [3.8, 4) is 22.6 Å². The monoisotopic (exact) mass is 296 g/mol. The Morgan fingerprint density at radius 2 is 1.82 bits per heavy atom. The smallest absolute Gasteiger partial charge is 0.165 e. The molecule has 2 aliphatic rings. The summed E-state index contributed by atoms with van der Waals surface area (Å²) in [6, 6.07) is 9.92. The van der Waals surface area contributed by atoms with Crippen LogP contribution in [0.4, 0.5) is 0 Å². The van der Waals surface area contributed by atoms with Crippen LogP contribution in [0.3, 0.4) is 0 Å². The lowest BCUT2D eigenvalue weighted by Gasteiger charge is -2.53. The molecule has 0 saturated heterocycles. The summed E-state index contributed by atoms with van der Waals surface area (Å²) in [4.78, 5) is 0. The normalized spacial score (nSPS) is 24.5. The van der Waals surface area contributed by atoms with E-state index in [1.54, 1.807) is 6.07 Å². The maximum Gasteiger partial charge on any atom is 0.165 e. The first-order chi connectivity index (χ1) is 10.3. The fourth-order valence-electron chi connectivity index (χ4n) is 4.35. The summed E-state index contributed by atoms with van der Waals surface area (Å²) in [5.41, 5.74) is 5.75. The minimum absolute atomic E-state index is 0.000584. The second-order valence-electron chi connectivity index (χ2n) is 7.42. The molecule has 2 N–H and O–H groups in total. The first-order valence-corrected chi connectivity index (χ1v) is 7.85. The maximum absolute atomic E-state index is 10.4. The van der Waals surface area contributed by atoms with Gasteiger partial charge in [0, 0.05) is 24.0 Å². The Kier molecular flexibility index (Phi) is 2.51. The minimum atomic E-state index is -0.0375. The first kappa shape index (κ1) is 13.6. The van der Waals surface area contributed by atoms with E-state index in [1.807, 2.05) is 6.07 Å². The van der Waals surface area contributed by atoms with Gasteiger partial charge in [0.15, 0.2) is 11.5 Å². The average molecular weight is 296 g/mol. The molecule has 3 heteroatoms. The van der Waals surface area contributed by atoms with E-state index in [4.69, 9.17) is 0 Å². The SMILES string of the molecule is CC12Cc3ccc(O)c(O)c3-c3cccc(c31)CC[N+]2(C)C. The van der Waals surface area contributed by atoms with Gasteiger partial charge in [-0.3, -0.25) is 0 Å². The highest BCUT2D eigenvalue weighted by Gasteiger charge is 2.51. The number of phenolic OH excluding ortho intramolecular Hbond substituents is 2. The molecule has 1 aliphatic heterocycles. The summed E-state index contributed by atoms with van der Waals surface area (Å²) >= 11 is 0. The Labute approximate surface area is 131 Å². The Balaban J connectivity index is 2.12. The number of likely N-dealkylation sites (N-methyl/N-ethyl adjacent to an activating group) is 1. The molecule has 1 heterocycles. The highest BCUT2D eigenvalue weighted by molar-refractivity contribution is 5.82. The largest absolute Gasteiger partial charge is 0.504 e. The molecule has 114 valence electrons. The maximum atomic E-state index is 10.4. The molecule has 0 spiro atoms. The second kappa shape index (κ2) is 4.05. The lowest BCUT2D eigenvalue weighted by atomic mass is 9.68. The van der Waals surface area contributed by atoms with Crippen molar-refractivity contribution in [2.24, 2.45) is 0 Å². The van der Waals surface area contributed by atoms with Crippen LogP contribution in [0.15, 0.2) is 30.3 Å². The van der Waals surface area contributed by atoms with Crippen molar-refractivity contribution in [1.82, 2.24) is 0 Å². The van der Waals surface area contributed by atoms with Crippen molar-refractivity contribution in [2.45, 2.75) is 25.3 Å². The van der Waals surface area contributed by atoms with Crippen LogP contribution in [0.5, 0.6) is 11.5 Å². The van der Waals surface area contributed by atoms with Crippen LogP contribution in [-0.2, 0) is 18.4 Å². The van der Waals surface area contributed by atoms with Gasteiger partial charge in [-0.2, -0.15) is 0 Å². The van der Waals surface area contributed by atoms with Gasteiger partial charge < -0.3 is 14.7 Å². The van der Waals surface area contributed by atoms with E-state index in [9.17, 15) is 10.2 Å². The summed E-state index contributed by atoms with van der Waals surface area (Å²) in [7, 11) is 4.59. The van der Waals surface area contributed by atoms with Gasteiger partial charge in [0.05, 0.1) is 20.6 Å². The van der Waals surface area contributed by atoms with Gasteiger partial charge in [-0.1, -0.05) is 24.3 Å². The van der Waals surface area contributed by atoms with Crippen LogP contribution in [0, 0.1) is 0 Å². The highest BCUT2D eigenvalue weighted by Crippen LogP contribution is 2.54. The van der Waals surface area contributed by atoms with Crippen LogP contribution < -0.4 is 0 Å². The predicted molar refractivity (Wildman–Crippen MR) is 86.9 cm³/mol. The molecule has 0 saturated carbocycles. The van der Waals surface area contributed by atoms with Crippen LogP contribution in [0.2, 0.25) is 0 Å². The number of fused-ring (bicyclic) bond motifs is 2. The average Bonchev–Trinajstić information content (AvgIpc) is 2.47. The Morgan fingerprint density at radius 3 is 2.59 bits per heavy atom. The summed E-state index contributed by atoms with van der Waals surface area (Å²) in [5.74, 6) is -0.0201. The van der Waals surface area contributed by atoms with Gasteiger partial charge in [0.1, 0.15) is 5.54 Å². The molecular formula is C19H22NO2+. The van der Waals surface area contributed by atoms with Crippen LogP contribution >= 0.6 is 0 Å². The van der Waals surface area contributed by atoms with Crippen molar-refractivity contribution >= 4 is 0 Å². The number of aromatic hydroxyl groups is 2. The Hall–Kier alpha value is -2.00. The molecule has 2 aromatic rings. The van der Waals surface area contributed by atoms with E-state index >= 15 is 0 Å². The molecule has 4 rings (SSSR count). The molecule has 0 amide bonds. The fraction of sp³-hybridized carbons (Fsp3) is 0.368. The summed E-state index contributed by atoms with van der Waals surface area (Å²) in [5, 5.41) is 20.3. The quantitative estimate of drug-likeness (QED) is 0.579. The van der Waals surface area contributed by atoms with E-state index in [0.29, 0.717) is 0 Å². The molecule has 0 aromatic heterocycles. The lowest BCUT2D eigenvalue weighted by molar-refractivity contribution is -0.950. The summed E-state index contributed by atoms with van der Waals surface area (Å²) < 4.78 is 0.943. The number of rotatable bonds is 0. The van der Waals surface area contributed by atoms with Gasteiger partial charge in [0.2, 0.25) is 0 Å². The molecule has 1 aliphatic carbocycles. The number of nitrogens with zero attached hydrogens (tertiary/aromatic N) is 1. The predicted octanol–water partition coefficient (Wildman–Crippen LogP) is 3.17. The topological polar surface area (TPSA) is 40.5 Å². The fourth-order valence-corrected chi connectivity index (χ4v) is 4.35. The second-order valence-corrected chi connectivity index (χ2v) is 7.42. The minimum Gasteiger partial charge on any atom is -0.504 e. The zero-order valence-corrected chi connectivity index (χ0v) is 13.3. The van der Waals surface area contributed by atoms with Crippen molar-refractivity contribution in [1.29, 1.82) is 0 Å². The Bertz CT molecular complexity index is 794. The van der Waals surface area contributed by atoms with E-state index in [1.165, 1.54) is 11.1 Å². The molecule has 0 fully saturated rings. The summed E-state index contributed by atoms with van der Waals surface area (Å²) in [6.07, 6.45) is 1.94. The molecular weight excluding hydrogens is 274 g/mol. The molecule has 22 heavy (non-hydrogen) atoms. The zero-order chi connectivity index (χ0) is 15.7. The van der Waals surface area contributed by atoms with E-state index < -0.39 is 0 Å². The van der Waals surface area contributed by atoms with Gasteiger partial charge in [0.25, 0.3) is 0 Å². The molecule has 1 unspecified atom stereocenters.